The normalized spacial score (nSPS) is 13.8. The van der Waals surface area contributed by atoms with Crippen LogP contribution in [0.25, 0.3) is 0 Å². The smallest absolute Gasteiger partial charge is 0.111 e. The fourth-order valence-electron chi connectivity index (χ4n) is 0.749. The number of hydrogen-bond acceptors (Lipinski definition) is 1. The zero-order chi connectivity index (χ0) is 9.56. The molecule has 0 N–H and O–H groups in total. The Morgan fingerprint density at radius 2 is 2.17 bits per heavy atom. The molecule has 0 spiro atoms. The van der Waals surface area contributed by atoms with Gasteiger partial charge in [0.05, 0.1) is 0 Å². The maximum Gasteiger partial charge on any atom is 0.111 e. The Bertz CT molecular complexity index is 202. The highest BCUT2D eigenvalue weighted by molar-refractivity contribution is 5.97. The maximum absolute atomic E-state index is 12.1. The molecule has 0 rings (SSSR count). The van der Waals surface area contributed by atoms with Gasteiger partial charge in [-0.05, 0) is 24.5 Å². The van der Waals surface area contributed by atoms with E-state index in [1.165, 1.54) is 6.20 Å². The van der Waals surface area contributed by atoms with Gasteiger partial charge in [-0.1, -0.05) is 20.4 Å². The van der Waals surface area contributed by atoms with Gasteiger partial charge >= 0.3 is 0 Å². The first-order valence-corrected chi connectivity index (χ1v) is 4.03. The predicted octanol–water partition coefficient (Wildman–Crippen LogP) is 3.14. The van der Waals surface area contributed by atoms with Crippen LogP contribution in [0.5, 0.6) is 0 Å². The van der Waals surface area contributed by atoms with Gasteiger partial charge in [0.15, 0.2) is 0 Å². The maximum atomic E-state index is 12.1. The molecule has 12 heavy (non-hydrogen) atoms. The molecule has 0 bridgehead atoms. The first kappa shape index (κ1) is 11.1. The second-order valence-electron chi connectivity index (χ2n) is 3.02. The molecular weight excluding hydrogens is 153 g/mol. The van der Waals surface area contributed by atoms with Crippen molar-refractivity contribution in [3.8, 4) is 0 Å². The number of aliphatic imine (C=N–C) groups is 1. The Balaban J connectivity index is 4.54. The van der Waals surface area contributed by atoms with E-state index in [1.54, 1.807) is 13.0 Å². The van der Waals surface area contributed by atoms with Crippen molar-refractivity contribution in [1.82, 2.24) is 0 Å². The largest absolute Gasteiger partial charge is 0.262 e. The number of hydrogen-bond donors (Lipinski definition) is 0. The van der Waals surface area contributed by atoms with Crippen LogP contribution >= 0.6 is 0 Å². The van der Waals surface area contributed by atoms with Crippen molar-refractivity contribution in [3.63, 3.8) is 0 Å². The summed E-state index contributed by atoms with van der Waals surface area (Å²) in [7, 11) is 0. The number of halogens is 1. The molecule has 0 unspecified atom stereocenters. The van der Waals surface area contributed by atoms with Gasteiger partial charge in [-0.2, -0.15) is 0 Å². The van der Waals surface area contributed by atoms with E-state index in [0.29, 0.717) is 11.5 Å². The van der Waals surface area contributed by atoms with Gasteiger partial charge < -0.3 is 0 Å². The summed E-state index contributed by atoms with van der Waals surface area (Å²) in [5, 5.41) is 0. The third kappa shape index (κ3) is 4.06. The van der Waals surface area contributed by atoms with Crippen LogP contribution in [0.1, 0.15) is 20.8 Å². The van der Waals surface area contributed by atoms with Crippen LogP contribution < -0.4 is 0 Å². The van der Waals surface area contributed by atoms with Crippen molar-refractivity contribution in [2.75, 3.05) is 6.67 Å². The molecule has 0 aromatic rings. The summed E-state index contributed by atoms with van der Waals surface area (Å²) >= 11 is 0. The lowest BCUT2D eigenvalue weighted by Crippen LogP contribution is -2.04. The number of nitrogens with zero attached hydrogens (tertiary/aromatic N) is 1. The molecule has 0 aliphatic heterocycles. The molecule has 0 atom stereocenters. The van der Waals surface area contributed by atoms with Crippen LogP contribution in [0.3, 0.4) is 0 Å². The monoisotopic (exact) mass is 169 g/mol. The summed E-state index contributed by atoms with van der Waals surface area (Å²) in [6, 6.07) is 0. The average Bonchev–Trinajstić information content (AvgIpc) is 2.03. The summed E-state index contributed by atoms with van der Waals surface area (Å²) in [4.78, 5) is 4.05. The Morgan fingerprint density at radius 3 is 2.50 bits per heavy atom. The van der Waals surface area contributed by atoms with E-state index < -0.39 is 6.67 Å². The molecule has 0 aliphatic rings. The highest BCUT2D eigenvalue weighted by atomic mass is 19.1. The summed E-state index contributed by atoms with van der Waals surface area (Å²) in [5.74, 6) is 0.310. The topological polar surface area (TPSA) is 12.4 Å². The number of allylic oxidation sites excluding steroid dienone is 2. The van der Waals surface area contributed by atoms with Crippen LogP contribution in [0.15, 0.2) is 29.4 Å². The van der Waals surface area contributed by atoms with Gasteiger partial charge in [0.2, 0.25) is 0 Å². The lowest BCUT2D eigenvalue weighted by atomic mass is 10.1. The first-order valence-electron chi connectivity index (χ1n) is 4.03. The van der Waals surface area contributed by atoms with Gasteiger partial charge in [-0.25, -0.2) is 4.39 Å². The van der Waals surface area contributed by atoms with Crippen molar-refractivity contribution < 1.29 is 4.39 Å². The number of alkyl halides is 1. The minimum absolute atomic E-state index is 0.310. The highest BCUT2D eigenvalue weighted by Gasteiger charge is 2.00. The SMILES string of the molecule is C=C/N=C(\C=C(/C)CF)C(C)C. The summed E-state index contributed by atoms with van der Waals surface area (Å²) in [5.41, 5.74) is 1.57. The first-order chi connectivity index (χ1) is 5.61. The molecule has 0 aromatic carbocycles. The van der Waals surface area contributed by atoms with E-state index in [9.17, 15) is 4.39 Å². The van der Waals surface area contributed by atoms with Gasteiger partial charge in [-0.3, -0.25) is 4.99 Å². The fourth-order valence-corrected chi connectivity index (χ4v) is 0.749. The third-order valence-electron chi connectivity index (χ3n) is 1.44. The molecule has 68 valence electrons. The van der Waals surface area contributed by atoms with Crippen LogP contribution in [0, 0.1) is 5.92 Å². The van der Waals surface area contributed by atoms with Crippen molar-refractivity contribution in [2.45, 2.75) is 20.8 Å². The minimum atomic E-state index is -0.414. The summed E-state index contributed by atoms with van der Waals surface area (Å²) in [6.07, 6.45) is 3.25. The quantitative estimate of drug-likeness (QED) is 0.573. The fraction of sp³-hybridized carbons (Fsp3) is 0.500. The molecule has 0 saturated heterocycles. The second kappa shape index (κ2) is 5.70. The Labute approximate surface area is 73.7 Å². The van der Waals surface area contributed by atoms with Gasteiger partial charge in [0.25, 0.3) is 0 Å². The van der Waals surface area contributed by atoms with E-state index >= 15 is 0 Å². The minimum Gasteiger partial charge on any atom is -0.262 e. The molecule has 0 amide bonds. The van der Waals surface area contributed by atoms with Gasteiger partial charge in [0, 0.05) is 11.9 Å². The lowest BCUT2D eigenvalue weighted by Gasteiger charge is -2.04. The molecular formula is C10H16FN. The summed E-state index contributed by atoms with van der Waals surface area (Å²) in [6.45, 7) is 8.88. The zero-order valence-electron chi connectivity index (χ0n) is 7.97. The van der Waals surface area contributed by atoms with Crippen molar-refractivity contribution in [3.05, 3.63) is 24.4 Å². The third-order valence-corrected chi connectivity index (χ3v) is 1.44. The Hall–Kier alpha value is -0.920. The zero-order valence-corrected chi connectivity index (χ0v) is 7.97. The van der Waals surface area contributed by atoms with E-state index in [2.05, 4.69) is 11.6 Å². The van der Waals surface area contributed by atoms with Crippen LogP contribution in [-0.2, 0) is 0 Å². The predicted molar refractivity (Wildman–Crippen MR) is 52.2 cm³/mol. The molecule has 1 nitrogen and oxygen atoms in total. The van der Waals surface area contributed by atoms with Crippen molar-refractivity contribution in [1.29, 1.82) is 0 Å². The molecule has 0 aromatic heterocycles. The van der Waals surface area contributed by atoms with E-state index in [-0.39, 0.29) is 0 Å². The molecule has 0 heterocycles. The van der Waals surface area contributed by atoms with Crippen LogP contribution in [-0.4, -0.2) is 12.4 Å². The molecule has 0 aliphatic carbocycles. The standard InChI is InChI=1S/C10H16FN/c1-5-12-10(8(2)3)6-9(4)7-11/h5-6,8H,1,7H2,2-4H3/b9-6+,12-10+. The van der Waals surface area contributed by atoms with Gasteiger partial charge in [-0.15, -0.1) is 0 Å². The molecule has 2 heteroatoms. The highest BCUT2D eigenvalue weighted by Crippen LogP contribution is 2.03. The molecule has 0 radical (unpaired) electrons. The van der Waals surface area contributed by atoms with Gasteiger partial charge in [0.1, 0.15) is 6.67 Å². The Morgan fingerprint density at radius 1 is 1.58 bits per heavy atom. The van der Waals surface area contributed by atoms with E-state index in [0.717, 1.165) is 5.71 Å². The Kier molecular flexibility index (Phi) is 5.26. The van der Waals surface area contributed by atoms with E-state index in [4.69, 9.17) is 0 Å². The second-order valence-corrected chi connectivity index (χ2v) is 3.02. The van der Waals surface area contributed by atoms with Crippen LogP contribution in [0.2, 0.25) is 0 Å². The van der Waals surface area contributed by atoms with Crippen molar-refractivity contribution in [2.24, 2.45) is 10.9 Å². The molecule has 0 fully saturated rings. The summed E-state index contributed by atoms with van der Waals surface area (Å²) < 4.78 is 12.1. The average molecular weight is 169 g/mol. The van der Waals surface area contributed by atoms with Crippen molar-refractivity contribution >= 4 is 5.71 Å². The molecule has 0 saturated carbocycles. The lowest BCUT2D eigenvalue weighted by molar-refractivity contribution is 0.543. The number of rotatable bonds is 4. The van der Waals surface area contributed by atoms with Crippen LogP contribution in [0.4, 0.5) is 4.39 Å². The van der Waals surface area contributed by atoms with E-state index in [1.807, 2.05) is 13.8 Å².